The van der Waals surface area contributed by atoms with Gasteiger partial charge in [0.25, 0.3) is 0 Å². The van der Waals surface area contributed by atoms with E-state index in [4.69, 9.17) is 0 Å². The number of allylic oxidation sites excluding steroid dienone is 1. The lowest BCUT2D eigenvalue weighted by atomic mass is 9.62. The summed E-state index contributed by atoms with van der Waals surface area (Å²) in [5.41, 5.74) is 10.2. The molecule has 0 aliphatic heterocycles. The van der Waals surface area contributed by atoms with Crippen LogP contribution in [0.5, 0.6) is 0 Å². The fraction of sp³-hybridized carbons (Fsp3) is 0.444. The third-order valence-corrected chi connectivity index (χ3v) is 7.16. The van der Waals surface area contributed by atoms with Crippen molar-refractivity contribution in [1.82, 2.24) is 0 Å². The molecule has 0 unspecified atom stereocenters. The summed E-state index contributed by atoms with van der Waals surface area (Å²) < 4.78 is 0. The molecule has 0 saturated carbocycles. The molecule has 0 saturated heterocycles. The minimum atomic E-state index is -0.848. The summed E-state index contributed by atoms with van der Waals surface area (Å²) in [5.74, 6) is -0.848. The summed E-state index contributed by atoms with van der Waals surface area (Å²) in [6, 6.07) is 10.4. The summed E-state index contributed by atoms with van der Waals surface area (Å²) in [5, 5.41) is 9.31. The molecule has 152 valence electrons. The van der Waals surface area contributed by atoms with Gasteiger partial charge in [-0.3, -0.25) is 0 Å². The predicted octanol–water partition coefficient (Wildman–Crippen LogP) is 6.92. The second kappa shape index (κ2) is 6.86. The van der Waals surface area contributed by atoms with Crippen molar-refractivity contribution in [2.45, 2.75) is 77.6 Å². The van der Waals surface area contributed by atoms with E-state index in [1.807, 2.05) is 12.1 Å². The lowest BCUT2D eigenvalue weighted by Crippen LogP contribution is -2.34. The number of carboxylic acid groups (broad SMARTS) is 1. The molecule has 0 atom stereocenters. The molecule has 2 aliphatic carbocycles. The number of rotatable bonds is 2. The highest BCUT2D eigenvalue weighted by Gasteiger charge is 2.37. The van der Waals surface area contributed by atoms with Crippen LogP contribution in [0.25, 0.3) is 11.6 Å². The molecule has 2 nitrogen and oxygen atoms in total. The van der Waals surface area contributed by atoms with E-state index >= 15 is 0 Å². The van der Waals surface area contributed by atoms with Gasteiger partial charge in [-0.25, -0.2) is 4.79 Å². The molecule has 1 N–H and O–H groups in total. The minimum Gasteiger partial charge on any atom is -0.478 e. The first-order valence-corrected chi connectivity index (χ1v) is 10.8. The second-order valence-electron chi connectivity index (χ2n) is 10.2. The van der Waals surface area contributed by atoms with Gasteiger partial charge in [0.1, 0.15) is 0 Å². The number of hydrogen-bond donors (Lipinski definition) is 1. The van der Waals surface area contributed by atoms with Crippen LogP contribution in [0.1, 0.15) is 97.1 Å². The molecule has 0 radical (unpaired) electrons. The third kappa shape index (κ3) is 3.54. The van der Waals surface area contributed by atoms with Gasteiger partial charge in [-0.2, -0.15) is 0 Å². The van der Waals surface area contributed by atoms with Crippen LogP contribution in [0, 0.1) is 6.92 Å². The van der Waals surface area contributed by atoms with Crippen LogP contribution in [0.2, 0.25) is 0 Å². The van der Waals surface area contributed by atoms with Gasteiger partial charge >= 0.3 is 5.97 Å². The summed E-state index contributed by atoms with van der Waals surface area (Å²) in [4.78, 5) is 11.3. The average molecular weight is 389 g/mol. The van der Waals surface area contributed by atoms with Crippen molar-refractivity contribution >= 4 is 17.6 Å². The summed E-state index contributed by atoms with van der Waals surface area (Å²) in [7, 11) is 0. The quantitative estimate of drug-likeness (QED) is 0.606. The standard InChI is InChI=1S/C27H32O2/c1-17-13-23-24(27(4,5)12-11-26(23,2)3)16-21(17)15-19-8-6-7-18-14-20(25(28)29)9-10-22(18)19/h9-10,13-16H,6-8,11-12H2,1-5H3,(H,28,29). The normalized spacial score (nSPS) is 20.8. The number of carboxylic acids is 1. The van der Waals surface area contributed by atoms with E-state index in [1.165, 1.54) is 51.8 Å². The Morgan fingerprint density at radius 2 is 1.62 bits per heavy atom. The van der Waals surface area contributed by atoms with E-state index in [2.05, 4.69) is 52.8 Å². The summed E-state index contributed by atoms with van der Waals surface area (Å²) in [6.07, 6.45) is 7.87. The van der Waals surface area contributed by atoms with Crippen LogP contribution in [0.3, 0.4) is 0 Å². The number of aryl methyl sites for hydroxylation is 2. The summed E-state index contributed by atoms with van der Waals surface area (Å²) in [6.45, 7) is 11.7. The van der Waals surface area contributed by atoms with Crippen LogP contribution < -0.4 is 0 Å². The highest BCUT2D eigenvalue weighted by Crippen LogP contribution is 2.47. The Balaban J connectivity index is 1.82. The number of aromatic carboxylic acids is 1. The lowest BCUT2D eigenvalue weighted by molar-refractivity contribution is 0.0696. The molecule has 0 fully saturated rings. The Bertz CT molecular complexity index is 1020. The van der Waals surface area contributed by atoms with Crippen LogP contribution >= 0.6 is 0 Å². The SMILES string of the molecule is Cc1cc2c(cc1C=C1CCCc3cc(C(=O)O)ccc31)C(C)(C)CCC2(C)C. The van der Waals surface area contributed by atoms with Crippen molar-refractivity contribution in [2.75, 3.05) is 0 Å². The lowest BCUT2D eigenvalue weighted by Gasteiger charge is -2.42. The molecule has 2 aliphatic rings. The van der Waals surface area contributed by atoms with Gasteiger partial charge in [-0.15, -0.1) is 0 Å². The van der Waals surface area contributed by atoms with E-state index in [1.54, 1.807) is 6.07 Å². The third-order valence-electron chi connectivity index (χ3n) is 7.16. The molecule has 0 aromatic heterocycles. The smallest absolute Gasteiger partial charge is 0.335 e. The van der Waals surface area contributed by atoms with Gasteiger partial charge in [0.15, 0.2) is 0 Å². The van der Waals surface area contributed by atoms with Gasteiger partial charge in [-0.1, -0.05) is 52.0 Å². The molecule has 0 amide bonds. The number of hydrogen-bond acceptors (Lipinski definition) is 1. The van der Waals surface area contributed by atoms with Crippen molar-refractivity contribution in [3.8, 4) is 0 Å². The van der Waals surface area contributed by atoms with Crippen LogP contribution in [-0.2, 0) is 17.3 Å². The fourth-order valence-corrected chi connectivity index (χ4v) is 5.08. The van der Waals surface area contributed by atoms with E-state index in [-0.39, 0.29) is 10.8 Å². The van der Waals surface area contributed by atoms with Gasteiger partial charge in [-0.05, 0) is 101 Å². The van der Waals surface area contributed by atoms with E-state index < -0.39 is 5.97 Å². The van der Waals surface area contributed by atoms with E-state index in [0.717, 1.165) is 19.3 Å². The largest absolute Gasteiger partial charge is 0.478 e. The maximum Gasteiger partial charge on any atom is 0.335 e. The highest BCUT2D eigenvalue weighted by atomic mass is 16.4. The predicted molar refractivity (Wildman–Crippen MR) is 121 cm³/mol. The van der Waals surface area contributed by atoms with Gasteiger partial charge in [0.2, 0.25) is 0 Å². The van der Waals surface area contributed by atoms with Crippen LogP contribution in [0.4, 0.5) is 0 Å². The van der Waals surface area contributed by atoms with Crippen molar-refractivity contribution in [1.29, 1.82) is 0 Å². The number of carbonyl (C=O) groups is 1. The van der Waals surface area contributed by atoms with E-state index in [9.17, 15) is 9.90 Å². The number of benzene rings is 2. The maximum absolute atomic E-state index is 11.3. The molecular formula is C27H32O2. The zero-order chi connectivity index (χ0) is 21.0. The molecule has 0 heterocycles. The zero-order valence-corrected chi connectivity index (χ0v) is 18.4. The summed E-state index contributed by atoms with van der Waals surface area (Å²) >= 11 is 0. The zero-order valence-electron chi connectivity index (χ0n) is 18.4. The maximum atomic E-state index is 11.3. The van der Waals surface area contributed by atoms with Gasteiger partial charge < -0.3 is 5.11 Å². The minimum absolute atomic E-state index is 0.201. The molecular weight excluding hydrogens is 356 g/mol. The molecule has 0 spiro atoms. The monoisotopic (exact) mass is 388 g/mol. The Morgan fingerprint density at radius 1 is 0.966 bits per heavy atom. The Kier molecular flexibility index (Phi) is 4.72. The molecule has 29 heavy (non-hydrogen) atoms. The highest BCUT2D eigenvalue weighted by molar-refractivity contribution is 5.90. The topological polar surface area (TPSA) is 37.3 Å². The molecule has 0 bridgehead atoms. The fourth-order valence-electron chi connectivity index (χ4n) is 5.08. The Hall–Kier alpha value is -2.35. The van der Waals surface area contributed by atoms with E-state index in [0.29, 0.717) is 5.56 Å². The van der Waals surface area contributed by atoms with Gasteiger partial charge in [0, 0.05) is 0 Å². The molecule has 2 heteroatoms. The Labute approximate surface area is 174 Å². The van der Waals surface area contributed by atoms with Crippen molar-refractivity contribution < 1.29 is 9.90 Å². The Morgan fingerprint density at radius 3 is 2.28 bits per heavy atom. The van der Waals surface area contributed by atoms with Crippen molar-refractivity contribution in [3.05, 3.63) is 69.3 Å². The second-order valence-corrected chi connectivity index (χ2v) is 10.2. The first-order chi connectivity index (χ1) is 13.6. The number of fused-ring (bicyclic) bond motifs is 2. The molecule has 2 aromatic carbocycles. The van der Waals surface area contributed by atoms with Gasteiger partial charge in [0.05, 0.1) is 5.56 Å². The van der Waals surface area contributed by atoms with Crippen molar-refractivity contribution in [2.24, 2.45) is 0 Å². The van der Waals surface area contributed by atoms with Crippen molar-refractivity contribution in [3.63, 3.8) is 0 Å². The first kappa shape index (κ1) is 19.9. The van der Waals surface area contributed by atoms with Crippen LogP contribution in [0.15, 0.2) is 30.3 Å². The molecule has 2 aromatic rings. The first-order valence-electron chi connectivity index (χ1n) is 10.8. The molecule has 4 rings (SSSR count). The average Bonchev–Trinajstić information content (AvgIpc) is 2.66. The van der Waals surface area contributed by atoms with Crippen LogP contribution in [-0.4, -0.2) is 11.1 Å².